The standard InChI is InChI=1S/C21H25N7O4/c1-4-6-15-16-12-17(23-20(30)22-2)26-28(16)10-9-27(15)21-25-24-18(32-21)13-7-5-8-14(11-13)19(29)31-3/h5,7-8,11-12,15H,4,6,9-10H2,1-3H3,(H2,22,23,26,30). The highest BCUT2D eigenvalue weighted by Gasteiger charge is 2.32. The average Bonchev–Trinajstić information content (AvgIpc) is 3.46. The van der Waals surface area contributed by atoms with Crippen LogP contribution in [0.25, 0.3) is 11.5 Å². The highest BCUT2D eigenvalue weighted by molar-refractivity contribution is 5.90. The molecule has 1 atom stereocenters. The Morgan fingerprint density at radius 3 is 2.84 bits per heavy atom. The molecule has 3 aromatic rings. The second-order valence-corrected chi connectivity index (χ2v) is 7.34. The van der Waals surface area contributed by atoms with Crippen molar-refractivity contribution < 1.29 is 18.7 Å². The van der Waals surface area contributed by atoms with Crippen LogP contribution in [0.5, 0.6) is 0 Å². The molecule has 0 spiro atoms. The normalized spacial score (nSPS) is 15.2. The highest BCUT2D eigenvalue weighted by atomic mass is 16.5. The fourth-order valence-corrected chi connectivity index (χ4v) is 3.79. The van der Waals surface area contributed by atoms with Gasteiger partial charge in [-0.3, -0.25) is 10.00 Å². The minimum Gasteiger partial charge on any atom is -0.465 e. The summed E-state index contributed by atoms with van der Waals surface area (Å²) < 4.78 is 12.7. The number of nitrogens with zero attached hydrogens (tertiary/aromatic N) is 5. The van der Waals surface area contributed by atoms with E-state index in [9.17, 15) is 9.59 Å². The summed E-state index contributed by atoms with van der Waals surface area (Å²) in [5.74, 6) is 0.385. The molecule has 0 aliphatic carbocycles. The van der Waals surface area contributed by atoms with Crippen LogP contribution in [0.3, 0.4) is 0 Å². The van der Waals surface area contributed by atoms with E-state index in [1.807, 2.05) is 10.7 Å². The Kier molecular flexibility index (Phi) is 6.06. The number of carbonyl (C=O) groups is 2. The number of hydrogen-bond donors (Lipinski definition) is 2. The molecule has 3 heterocycles. The van der Waals surface area contributed by atoms with Gasteiger partial charge in [0.25, 0.3) is 0 Å². The molecule has 0 bridgehead atoms. The summed E-state index contributed by atoms with van der Waals surface area (Å²) in [6.45, 7) is 3.35. The van der Waals surface area contributed by atoms with Gasteiger partial charge in [0.2, 0.25) is 5.89 Å². The molecule has 0 fully saturated rings. The van der Waals surface area contributed by atoms with Gasteiger partial charge in [-0.2, -0.15) is 5.10 Å². The molecule has 11 heteroatoms. The van der Waals surface area contributed by atoms with Crippen LogP contribution in [0.2, 0.25) is 0 Å². The van der Waals surface area contributed by atoms with Crippen molar-refractivity contribution in [1.82, 2.24) is 25.3 Å². The van der Waals surface area contributed by atoms with E-state index in [0.717, 1.165) is 18.5 Å². The lowest BCUT2D eigenvalue weighted by atomic mass is 10.0. The maximum absolute atomic E-state index is 11.8. The van der Waals surface area contributed by atoms with Crippen molar-refractivity contribution in [2.75, 3.05) is 30.9 Å². The molecule has 2 N–H and O–H groups in total. The minimum absolute atomic E-state index is 0.0313. The predicted molar refractivity (Wildman–Crippen MR) is 116 cm³/mol. The lowest BCUT2D eigenvalue weighted by Gasteiger charge is -2.34. The topological polar surface area (TPSA) is 127 Å². The van der Waals surface area contributed by atoms with Crippen LogP contribution in [0, 0.1) is 0 Å². The van der Waals surface area contributed by atoms with Crippen molar-refractivity contribution in [3.05, 3.63) is 41.6 Å². The molecular formula is C21H25N7O4. The zero-order valence-corrected chi connectivity index (χ0v) is 18.2. The van der Waals surface area contributed by atoms with E-state index in [1.165, 1.54) is 7.11 Å². The molecule has 2 amide bonds. The Morgan fingerprint density at radius 2 is 2.09 bits per heavy atom. The first kappa shape index (κ1) is 21.3. The number of rotatable bonds is 6. The Bertz CT molecular complexity index is 1120. The fourth-order valence-electron chi connectivity index (χ4n) is 3.79. The van der Waals surface area contributed by atoms with Gasteiger partial charge in [-0.1, -0.05) is 24.5 Å². The van der Waals surface area contributed by atoms with Crippen LogP contribution >= 0.6 is 0 Å². The molecule has 1 aromatic carbocycles. The Labute approximate surface area is 184 Å². The number of carbonyl (C=O) groups excluding carboxylic acids is 2. The van der Waals surface area contributed by atoms with E-state index in [1.54, 1.807) is 31.3 Å². The number of esters is 1. The van der Waals surface area contributed by atoms with Crippen LogP contribution in [0.15, 0.2) is 34.7 Å². The molecule has 0 saturated heterocycles. The SMILES string of the molecule is CCCC1c2cc(NC(=O)NC)nn2CCN1c1nnc(-c2cccc(C(=O)OC)c2)o1. The molecule has 1 aliphatic heterocycles. The summed E-state index contributed by atoms with van der Waals surface area (Å²) in [6.07, 6.45) is 1.79. The molecule has 32 heavy (non-hydrogen) atoms. The van der Waals surface area contributed by atoms with Gasteiger partial charge in [0.15, 0.2) is 5.82 Å². The zero-order valence-electron chi connectivity index (χ0n) is 18.2. The first-order valence-corrected chi connectivity index (χ1v) is 10.4. The van der Waals surface area contributed by atoms with Crippen molar-refractivity contribution >= 4 is 23.8 Å². The second kappa shape index (κ2) is 9.08. The second-order valence-electron chi connectivity index (χ2n) is 7.34. The molecule has 2 aromatic heterocycles. The van der Waals surface area contributed by atoms with Crippen LogP contribution in [0.4, 0.5) is 16.6 Å². The Hall–Kier alpha value is -3.89. The average molecular weight is 439 g/mol. The van der Waals surface area contributed by atoms with Gasteiger partial charge in [-0.05, 0) is 24.6 Å². The lowest BCUT2D eigenvalue weighted by Crippen LogP contribution is -2.38. The van der Waals surface area contributed by atoms with Gasteiger partial charge in [0, 0.05) is 25.2 Å². The number of methoxy groups -OCH3 is 1. The molecule has 1 unspecified atom stereocenters. The van der Waals surface area contributed by atoms with Crippen LogP contribution in [-0.4, -0.2) is 52.7 Å². The van der Waals surface area contributed by atoms with Crippen molar-refractivity contribution in [3.8, 4) is 11.5 Å². The summed E-state index contributed by atoms with van der Waals surface area (Å²) in [4.78, 5) is 25.6. The summed E-state index contributed by atoms with van der Waals surface area (Å²) >= 11 is 0. The number of hydrogen-bond acceptors (Lipinski definition) is 8. The van der Waals surface area contributed by atoms with Crippen LogP contribution < -0.4 is 15.5 Å². The van der Waals surface area contributed by atoms with E-state index >= 15 is 0 Å². The van der Waals surface area contributed by atoms with Crippen molar-refractivity contribution in [3.63, 3.8) is 0 Å². The number of urea groups is 1. The number of aromatic nitrogens is 4. The van der Waals surface area contributed by atoms with Gasteiger partial charge in [0.05, 0.1) is 31.0 Å². The smallest absolute Gasteiger partial charge is 0.337 e. The monoisotopic (exact) mass is 439 g/mol. The largest absolute Gasteiger partial charge is 0.465 e. The van der Waals surface area contributed by atoms with E-state index in [-0.39, 0.29) is 12.1 Å². The molecule has 11 nitrogen and oxygen atoms in total. The fraction of sp³-hybridized carbons (Fsp3) is 0.381. The van der Waals surface area contributed by atoms with Gasteiger partial charge < -0.3 is 19.4 Å². The number of benzene rings is 1. The molecule has 0 radical (unpaired) electrons. The summed E-state index contributed by atoms with van der Waals surface area (Å²) in [6, 6.07) is 8.79. The van der Waals surface area contributed by atoms with Crippen molar-refractivity contribution in [2.24, 2.45) is 0 Å². The molecule has 4 rings (SSSR count). The van der Waals surface area contributed by atoms with Crippen molar-refractivity contribution in [1.29, 1.82) is 0 Å². The summed E-state index contributed by atoms with van der Waals surface area (Å²) in [7, 11) is 2.89. The van der Waals surface area contributed by atoms with Crippen molar-refractivity contribution in [2.45, 2.75) is 32.4 Å². The third-order valence-electron chi connectivity index (χ3n) is 5.30. The number of nitrogens with one attached hydrogen (secondary N) is 2. The van der Waals surface area contributed by atoms with Crippen LogP contribution in [-0.2, 0) is 11.3 Å². The first-order chi connectivity index (χ1) is 15.5. The Morgan fingerprint density at radius 1 is 1.25 bits per heavy atom. The van der Waals surface area contributed by atoms with Gasteiger partial charge in [-0.15, -0.1) is 5.10 Å². The van der Waals surface area contributed by atoms with Gasteiger partial charge >= 0.3 is 18.0 Å². The van der Waals surface area contributed by atoms with Gasteiger partial charge in [-0.25, -0.2) is 9.59 Å². The van der Waals surface area contributed by atoms with Gasteiger partial charge in [0.1, 0.15) is 0 Å². The maximum Gasteiger partial charge on any atom is 0.337 e. The zero-order chi connectivity index (χ0) is 22.7. The molecule has 0 saturated carbocycles. The molecule has 168 valence electrons. The number of amides is 2. The predicted octanol–water partition coefficient (Wildman–Crippen LogP) is 2.83. The number of anilines is 2. The van der Waals surface area contributed by atoms with Crippen LogP contribution in [0.1, 0.15) is 41.9 Å². The summed E-state index contributed by atoms with van der Waals surface area (Å²) in [5, 5.41) is 18.2. The lowest BCUT2D eigenvalue weighted by molar-refractivity contribution is 0.0600. The quantitative estimate of drug-likeness (QED) is 0.561. The maximum atomic E-state index is 11.8. The summed E-state index contributed by atoms with van der Waals surface area (Å²) in [5.41, 5.74) is 2.02. The minimum atomic E-state index is -0.431. The van der Waals surface area contributed by atoms with E-state index < -0.39 is 5.97 Å². The van der Waals surface area contributed by atoms with E-state index in [2.05, 4.69) is 37.8 Å². The third kappa shape index (κ3) is 4.13. The van der Waals surface area contributed by atoms with E-state index in [4.69, 9.17) is 9.15 Å². The molecular weight excluding hydrogens is 414 g/mol. The molecule has 1 aliphatic rings. The first-order valence-electron chi connectivity index (χ1n) is 10.4. The third-order valence-corrected chi connectivity index (χ3v) is 5.30. The van der Waals surface area contributed by atoms with E-state index in [0.29, 0.717) is 41.9 Å². The number of ether oxygens (including phenoxy) is 1. The number of fused-ring (bicyclic) bond motifs is 1. The highest BCUT2D eigenvalue weighted by Crippen LogP contribution is 2.35. The Balaban J connectivity index is 1.61.